The quantitative estimate of drug-likeness (QED) is 0.507. The molecule has 7 atom stereocenters. The summed E-state index contributed by atoms with van der Waals surface area (Å²) in [5, 5.41) is 30.7. The molecule has 3 saturated carbocycles. The normalized spacial score (nSPS) is 41.5. The Bertz CT molecular complexity index is 930. The zero-order valence-corrected chi connectivity index (χ0v) is 23.2. The molecule has 4 fully saturated rings. The van der Waals surface area contributed by atoms with Gasteiger partial charge in [-0.1, -0.05) is 6.92 Å². The van der Waals surface area contributed by atoms with Gasteiger partial charge in [0.15, 0.2) is 0 Å². The number of rotatable bonds is 5. The van der Waals surface area contributed by atoms with Crippen molar-refractivity contribution >= 4 is 21.5 Å². The highest BCUT2D eigenvalue weighted by atomic mass is 32.2. The van der Waals surface area contributed by atoms with Crippen LogP contribution in [0.1, 0.15) is 71.6 Å². The third-order valence-corrected chi connectivity index (χ3v) is 11.6. The highest BCUT2D eigenvalue weighted by Crippen LogP contribution is 2.59. The summed E-state index contributed by atoms with van der Waals surface area (Å²) >= 11 is 0. The van der Waals surface area contributed by atoms with E-state index in [1.807, 2.05) is 6.92 Å². The van der Waals surface area contributed by atoms with Gasteiger partial charge in [0.1, 0.15) is 5.78 Å². The summed E-state index contributed by atoms with van der Waals surface area (Å²) in [4.78, 5) is 15.4. The Morgan fingerprint density at radius 2 is 1.78 bits per heavy atom. The summed E-state index contributed by atoms with van der Waals surface area (Å²) in [5.74, 6) is 1.15. The van der Waals surface area contributed by atoms with Gasteiger partial charge in [0.25, 0.3) is 0 Å². The Hall–Kier alpha value is -0.870. The molecule has 36 heavy (non-hydrogen) atoms. The number of hydrogen-bond donors (Lipinski definition) is 3. The number of ketones is 1. The van der Waals surface area contributed by atoms with Crippen molar-refractivity contribution < 1.29 is 23.4 Å². The minimum absolute atomic E-state index is 0.0327. The maximum atomic E-state index is 13.4. The highest BCUT2D eigenvalue weighted by molar-refractivity contribution is 7.88. The molecule has 3 N–H and O–H groups in total. The number of carbonyl (C=O) groups excluding carboxylic acids is 1. The van der Waals surface area contributed by atoms with Crippen molar-refractivity contribution in [3.8, 4) is 0 Å². The van der Waals surface area contributed by atoms with Gasteiger partial charge in [-0.3, -0.25) is 9.69 Å². The lowest BCUT2D eigenvalue weighted by molar-refractivity contribution is -0.127. The van der Waals surface area contributed by atoms with Crippen LogP contribution in [0.15, 0.2) is 0 Å². The van der Waals surface area contributed by atoms with E-state index in [-0.39, 0.29) is 35.6 Å². The smallest absolute Gasteiger partial charge is 0.211 e. The second-order valence-corrected chi connectivity index (χ2v) is 14.7. The summed E-state index contributed by atoms with van der Waals surface area (Å²) in [6.07, 6.45) is 8.46. The van der Waals surface area contributed by atoms with Crippen molar-refractivity contribution in [2.24, 2.45) is 35.0 Å². The number of nitrogens with one attached hydrogen (secondary N) is 1. The topological polar surface area (TPSA) is 122 Å². The van der Waals surface area contributed by atoms with Crippen molar-refractivity contribution in [3.05, 3.63) is 0 Å². The van der Waals surface area contributed by atoms with E-state index in [4.69, 9.17) is 0 Å². The van der Waals surface area contributed by atoms with Gasteiger partial charge in [-0.15, -0.1) is 0 Å². The number of aliphatic hydroxyl groups is 2. The molecule has 0 aromatic rings. The van der Waals surface area contributed by atoms with E-state index in [0.717, 1.165) is 32.1 Å². The van der Waals surface area contributed by atoms with Gasteiger partial charge >= 0.3 is 0 Å². The molecule has 0 spiro atoms. The van der Waals surface area contributed by atoms with Crippen molar-refractivity contribution in [3.63, 3.8) is 0 Å². The molecule has 1 unspecified atom stereocenters. The molecule has 1 heterocycles. The first-order chi connectivity index (χ1) is 16.9. The third kappa shape index (κ3) is 5.75. The van der Waals surface area contributed by atoms with Crippen LogP contribution in [0.5, 0.6) is 0 Å². The van der Waals surface area contributed by atoms with E-state index in [1.54, 1.807) is 0 Å². The molecule has 206 valence electrons. The standard InChI is InChI=1S/C27H47N3O5S/c1-19-4-5-20(24(32)17-29-12-14-30(15-13-29)36(3,34)35)6-9-23(28)25-22(19)8-7-21-16-26(2,33)10-11-27(21,25)18-31/h19-22,25,28,31,33H,4-18H2,1-3H3/t19-,20-,21-,22-,25?,26+,27+/m0/s1. The van der Waals surface area contributed by atoms with E-state index < -0.39 is 15.6 Å². The van der Waals surface area contributed by atoms with Crippen LogP contribution < -0.4 is 0 Å². The second-order valence-electron chi connectivity index (χ2n) is 12.7. The summed E-state index contributed by atoms with van der Waals surface area (Å²) in [6.45, 7) is 6.62. The average molecular weight is 526 g/mol. The molecule has 0 bridgehead atoms. The molecule has 0 aromatic carbocycles. The van der Waals surface area contributed by atoms with Crippen LogP contribution >= 0.6 is 0 Å². The molecule has 0 amide bonds. The number of aliphatic hydroxyl groups excluding tert-OH is 1. The third-order valence-electron chi connectivity index (χ3n) is 10.3. The van der Waals surface area contributed by atoms with Crippen molar-refractivity contribution in [1.82, 2.24) is 9.21 Å². The predicted molar refractivity (Wildman–Crippen MR) is 140 cm³/mol. The number of hydrogen-bond acceptors (Lipinski definition) is 7. The van der Waals surface area contributed by atoms with Gasteiger partial charge in [-0.05, 0) is 82.5 Å². The largest absolute Gasteiger partial charge is 0.396 e. The molecule has 9 heteroatoms. The molecule has 0 aromatic heterocycles. The number of nitrogens with zero attached hydrogens (tertiary/aromatic N) is 2. The van der Waals surface area contributed by atoms with Crippen molar-refractivity contribution in [2.75, 3.05) is 45.6 Å². The Morgan fingerprint density at radius 1 is 1.08 bits per heavy atom. The van der Waals surface area contributed by atoms with E-state index >= 15 is 0 Å². The molecule has 8 nitrogen and oxygen atoms in total. The minimum Gasteiger partial charge on any atom is -0.396 e. The lowest BCUT2D eigenvalue weighted by atomic mass is 9.47. The Kier molecular flexibility index (Phi) is 8.38. The van der Waals surface area contributed by atoms with E-state index in [1.165, 1.54) is 10.6 Å². The lowest BCUT2D eigenvalue weighted by Crippen LogP contribution is -2.57. The maximum absolute atomic E-state index is 13.4. The number of carbonyl (C=O) groups is 1. The van der Waals surface area contributed by atoms with Gasteiger partial charge in [-0.25, -0.2) is 8.42 Å². The predicted octanol–water partition coefficient (Wildman–Crippen LogP) is 2.53. The molecular formula is C27H47N3O5S. The molecule has 3 aliphatic carbocycles. The van der Waals surface area contributed by atoms with Crippen LogP contribution in [0.3, 0.4) is 0 Å². The number of Topliss-reactive ketones (excluding diaryl/α,β-unsaturated/α-hetero) is 1. The fourth-order valence-corrected chi connectivity index (χ4v) is 8.88. The van der Waals surface area contributed by atoms with Gasteiger partial charge in [0.05, 0.1) is 18.4 Å². The fraction of sp³-hybridized carbons (Fsp3) is 0.926. The number of sulfonamides is 1. The number of piperazine rings is 1. The Labute approximate surface area is 217 Å². The Morgan fingerprint density at radius 3 is 2.42 bits per heavy atom. The lowest BCUT2D eigenvalue weighted by Gasteiger charge is -2.58. The molecule has 4 aliphatic rings. The zero-order valence-electron chi connectivity index (χ0n) is 22.4. The SMILES string of the molecule is C[C@H]1CC[C@H](C(=O)CN2CCN(S(C)(=O)=O)CC2)CCC(=N)C2[C@H]1CC[C@H]1C[C@](C)(O)CC[C@]21CO. The first-order valence-electron chi connectivity index (χ1n) is 14.0. The summed E-state index contributed by atoms with van der Waals surface area (Å²) < 4.78 is 25.1. The van der Waals surface area contributed by atoms with E-state index in [2.05, 4.69) is 11.8 Å². The van der Waals surface area contributed by atoms with Gasteiger partial charge in [0, 0.05) is 55.7 Å². The van der Waals surface area contributed by atoms with Gasteiger partial charge in [-0.2, -0.15) is 4.31 Å². The van der Waals surface area contributed by atoms with Crippen LogP contribution in [-0.4, -0.2) is 90.5 Å². The van der Waals surface area contributed by atoms with Crippen LogP contribution in [0.4, 0.5) is 0 Å². The molecule has 1 aliphatic heterocycles. The Balaban J connectivity index is 1.44. The fourth-order valence-electron chi connectivity index (χ4n) is 8.05. The van der Waals surface area contributed by atoms with Crippen LogP contribution in [0, 0.1) is 40.4 Å². The van der Waals surface area contributed by atoms with Crippen molar-refractivity contribution in [2.45, 2.75) is 77.2 Å². The van der Waals surface area contributed by atoms with Crippen LogP contribution in [0.2, 0.25) is 0 Å². The summed E-state index contributed by atoms with van der Waals surface area (Å²) in [6, 6.07) is 0. The van der Waals surface area contributed by atoms with E-state index in [9.17, 15) is 28.8 Å². The van der Waals surface area contributed by atoms with Gasteiger partial charge < -0.3 is 15.6 Å². The van der Waals surface area contributed by atoms with Crippen molar-refractivity contribution in [1.29, 1.82) is 5.41 Å². The summed E-state index contributed by atoms with van der Waals surface area (Å²) in [5.41, 5.74) is -0.305. The minimum atomic E-state index is -3.19. The molecule has 1 saturated heterocycles. The second kappa shape index (κ2) is 10.7. The zero-order chi connectivity index (χ0) is 26.3. The van der Waals surface area contributed by atoms with Crippen LogP contribution in [-0.2, 0) is 14.8 Å². The van der Waals surface area contributed by atoms with Crippen LogP contribution in [0.25, 0.3) is 0 Å². The summed E-state index contributed by atoms with van der Waals surface area (Å²) in [7, 11) is -3.19. The molecule has 4 rings (SSSR count). The molecular weight excluding hydrogens is 478 g/mol. The monoisotopic (exact) mass is 525 g/mol. The first kappa shape index (κ1) is 28.1. The molecule has 0 radical (unpaired) electrons. The first-order valence-corrected chi connectivity index (χ1v) is 15.8. The average Bonchev–Trinajstić information content (AvgIpc) is 2.87. The van der Waals surface area contributed by atoms with E-state index in [0.29, 0.717) is 76.0 Å². The maximum Gasteiger partial charge on any atom is 0.211 e. The van der Waals surface area contributed by atoms with Gasteiger partial charge in [0.2, 0.25) is 10.0 Å². The number of fused-ring (bicyclic) bond motifs is 3. The highest BCUT2D eigenvalue weighted by Gasteiger charge is 2.57.